The Balaban J connectivity index is 2.99. The number of hydrogen-bond donors (Lipinski definition) is 0. The Morgan fingerprint density at radius 1 is 0.786 bits per heavy atom. The molecule has 0 rings (SSSR count). The van der Waals surface area contributed by atoms with Gasteiger partial charge in [0.1, 0.15) is 0 Å². The number of hydrogen-bond acceptors (Lipinski definition) is 0. The number of unbranched alkanes of at least 4 members (excludes halogenated alkanes) is 7. The second kappa shape index (κ2) is 9.50. The van der Waals surface area contributed by atoms with Crippen molar-refractivity contribution in [3.05, 3.63) is 0 Å². The fraction of sp³-hybridized carbons (Fsp3) is 1.00. The van der Waals surface area contributed by atoms with Crippen LogP contribution in [0.3, 0.4) is 0 Å². The molecule has 0 aliphatic rings. The van der Waals surface area contributed by atoms with Gasteiger partial charge in [0.15, 0.2) is 0 Å². The zero-order chi connectivity index (χ0) is 10.9. The second-order valence-corrected chi connectivity index (χ2v) is 30.6. The van der Waals surface area contributed by atoms with E-state index in [1.54, 1.807) is 0 Å². The molecule has 0 aliphatic heterocycles. The monoisotopic (exact) mass is 370 g/mol. The molecule has 0 fully saturated rings. The van der Waals surface area contributed by atoms with Crippen LogP contribution in [0.5, 0.6) is 0 Å². The van der Waals surface area contributed by atoms with Crippen LogP contribution in [0.15, 0.2) is 0 Å². The van der Waals surface area contributed by atoms with Crippen molar-refractivity contribution in [3.63, 3.8) is 0 Å². The van der Waals surface area contributed by atoms with Crippen molar-refractivity contribution in [1.82, 2.24) is 0 Å². The molecule has 0 heterocycles. The second-order valence-electron chi connectivity index (χ2n) is 4.94. The molecule has 0 nitrogen and oxygen atoms in total. The SMILES string of the molecule is CCCCCCCCC[CH2][Sn]([CH3])([CH3])[Br]. The third-order valence-electron chi connectivity index (χ3n) is 2.62. The molecule has 0 aromatic rings. The standard InChI is InChI=1S/C10H21.2CH3.BrH.Sn/c1-3-5-7-9-10-8-6-4-2;;;;/h1,3-10H2,2H3;2*1H3;1H;/q;;;;+1/p-1. The van der Waals surface area contributed by atoms with Crippen molar-refractivity contribution in [1.29, 1.82) is 0 Å². The van der Waals surface area contributed by atoms with Gasteiger partial charge in [0.05, 0.1) is 0 Å². The molecule has 0 saturated heterocycles. The third kappa shape index (κ3) is 13.3. The molecule has 0 N–H and O–H groups in total. The van der Waals surface area contributed by atoms with Crippen LogP contribution in [0, 0.1) is 0 Å². The first-order valence-electron chi connectivity index (χ1n) is 6.25. The van der Waals surface area contributed by atoms with Crippen LogP contribution in [-0.2, 0) is 0 Å². The Kier molecular flexibility index (Phi) is 10.4. The summed E-state index contributed by atoms with van der Waals surface area (Å²) in [6.45, 7) is 2.28. The van der Waals surface area contributed by atoms with Crippen molar-refractivity contribution in [3.8, 4) is 0 Å². The van der Waals surface area contributed by atoms with Gasteiger partial charge >= 0.3 is 101 Å². The maximum atomic E-state index is 3.89. The quantitative estimate of drug-likeness (QED) is 0.360. The van der Waals surface area contributed by atoms with E-state index in [9.17, 15) is 0 Å². The Bertz CT molecular complexity index is 118. The van der Waals surface area contributed by atoms with Crippen molar-refractivity contribution in [2.24, 2.45) is 0 Å². The molecule has 86 valence electrons. The van der Waals surface area contributed by atoms with Gasteiger partial charge in [0.2, 0.25) is 0 Å². The van der Waals surface area contributed by atoms with E-state index in [2.05, 4.69) is 29.5 Å². The normalized spacial score (nSPS) is 12.0. The molecule has 0 spiro atoms. The predicted molar refractivity (Wildman–Crippen MR) is 73.8 cm³/mol. The summed E-state index contributed by atoms with van der Waals surface area (Å²) in [5.74, 6) is 0. The van der Waals surface area contributed by atoms with Gasteiger partial charge in [0.25, 0.3) is 0 Å². The zero-order valence-electron chi connectivity index (χ0n) is 10.2. The summed E-state index contributed by atoms with van der Waals surface area (Å²) in [5, 5.41) is 0. The van der Waals surface area contributed by atoms with E-state index in [0.717, 1.165) is 0 Å². The first-order chi connectivity index (χ1) is 6.56. The van der Waals surface area contributed by atoms with Gasteiger partial charge in [-0.2, -0.15) is 0 Å². The summed E-state index contributed by atoms with van der Waals surface area (Å²) in [5.41, 5.74) is 0. The summed E-state index contributed by atoms with van der Waals surface area (Å²) in [6.07, 6.45) is 11.6. The van der Waals surface area contributed by atoms with Gasteiger partial charge in [-0.1, -0.05) is 0 Å². The van der Waals surface area contributed by atoms with E-state index in [0.29, 0.717) is 0 Å². The van der Waals surface area contributed by atoms with Crippen LogP contribution in [0.1, 0.15) is 58.3 Å². The molecule has 0 aromatic heterocycles. The molecule has 0 saturated carbocycles. The summed E-state index contributed by atoms with van der Waals surface area (Å²) in [7, 11) is 0. The molecule has 0 amide bonds. The van der Waals surface area contributed by atoms with Crippen molar-refractivity contribution in [2.45, 2.75) is 72.6 Å². The number of halogens is 1. The van der Waals surface area contributed by atoms with Gasteiger partial charge in [-0.25, -0.2) is 0 Å². The van der Waals surface area contributed by atoms with Crippen molar-refractivity contribution in [2.75, 3.05) is 0 Å². The van der Waals surface area contributed by atoms with E-state index in [1.165, 1.54) is 55.8 Å². The summed E-state index contributed by atoms with van der Waals surface area (Å²) >= 11 is 2.31. The Morgan fingerprint density at radius 2 is 1.21 bits per heavy atom. The van der Waals surface area contributed by atoms with Crippen LogP contribution in [0.2, 0.25) is 14.3 Å². The van der Waals surface area contributed by atoms with Crippen molar-refractivity contribution < 1.29 is 0 Å². The van der Waals surface area contributed by atoms with Gasteiger partial charge in [0, 0.05) is 0 Å². The fourth-order valence-electron chi connectivity index (χ4n) is 1.68. The fourth-order valence-corrected chi connectivity index (χ4v) is 6.67. The molecule has 14 heavy (non-hydrogen) atoms. The molecule has 0 radical (unpaired) electrons. The molecule has 0 bridgehead atoms. The molecular weight excluding hydrogens is 343 g/mol. The van der Waals surface area contributed by atoms with Crippen LogP contribution >= 0.6 is 12.7 Å². The zero-order valence-corrected chi connectivity index (χ0v) is 14.7. The van der Waals surface area contributed by atoms with Crippen LogP contribution < -0.4 is 0 Å². The Hall–Kier alpha value is 1.28. The summed E-state index contributed by atoms with van der Waals surface area (Å²) in [6, 6.07) is 0. The third-order valence-corrected chi connectivity index (χ3v) is 9.69. The average molecular weight is 370 g/mol. The van der Waals surface area contributed by atoms with E-state index < -0.39 is 16.2 Å². The van der Waals surface area contributed by atoms with Crippen LogP contribution in [0.4, 0.5) is 0 Å². The average Bonchev–Trinajstić information content (AvgIpc) is 2.08. The summed E-state index contributed by atoms with van der Waals surface area (Å²) in [4.78, 5) is 4.94. The molecule has 2 heteroatoms. The minimum absolute atomic E-state index is 1.37. The van der Waals surface area contributed by atoms with E-state index in [1.807, 2.05) is 0 Å². The van der Waals surface area contributed by atoms with Gasteiger partial charge in [-0.3, -0.25) is 0 Å². The maximum absolute atomic E-state index is 3.89. The van der Waals surface area contributed by atoms with Crippen LogP contribution in [0.25, 0.3) is 0 Å². The topological polar surface area (TPSA) is 0 Å². The van der Waals surface area contributed by atoms with Gasteiger partial charge in [-0.05, 0) is 0 Å². The Morgan fingerprint density at radius 3 is 1.64 bits per heavy atom. The Labute approximate surface area is 101 Å². The van der Waals surface area contributed by atoms with E-state index in [4.69, 9.17) is 0 Å². The van der Waals surface area contributed by atoms with E-state index in [-0.39, 0.29) is 0 Å². The molecular formula is C12H27BrSn. The van der Waals surface area contributed by atoms with E-state index >= 15 is 0 Å². The van der Waals surface area contributed by atoms with Gasteiger partial charge < -0.3 is 0 Å². The molecule has 0 aromatic carbocycles. The van der Waals surface area contributed by atoms with Crippen molar-refractivity contribution >= 4 is 28.9 Å². The predicted octanol–water partition coefficient (Wildman–Crippen LogP) is 5.73. The first-order valence-corrected chi connectivity index (χ1v) is 20.4. The van der Waals surface area contributed by atoms with Crippen LogP contribution in [-0.4, -0.2) is 16.2 Å². The minimum atomic E-state index is -1.58. The first kappa shape index (κ1) is 15.3. The number of rotatable bonds is 9. The summed E-state index contributed by atoms with van der Waals surface area (Å²) < 4.78 is 1.52. The van der Waals surface area contributed by atoms with Gasteiger partial charge in [-0.15, -0.1) is 0 Å². The molecule has 0 aliphatic carbocycles. The molecule has 0 unspecified atom stereocenters. The molecule has 0 atom stereocenters.